The number of ether oxygens (including phenoxy) is 3. The Morgan fingerprint density at radius 1 is 0.417 bits per heavy atom. The van der Waals surface area contributed by atoms with Gasteiger partial charge in [0.15, 0.2) is 6.10 Å². The van der Waals surface area contributed by atoms with Crippen molar-refractivity contribution in [2.75, 3.05) is 13.2 Å². The first-order valence-electron chi connectivity index (χ1n) is 20.3. The third kappa shape index (κ3) is 35.2. The molecule has 0 aromatic heterocycles. The standard InChI is InChI=1S/C42H76O6/c1-4-7-10-13-15-16-17-18-19-20-21-22-23-24-25-26-27-30-32-35-41(44)47-38-39(37-46-40(43)34-31-28-12-9-6-3)48-42(45)36-33-29-14-11-8-5-2/h15-16,18-19,39H,4-14,17,20-38H2,1-3H3/b16-15-,19-18-. The van der Waals surface area contributed by atoms with Crippen molar-refractivity contribution < 1.29 is 28.6 Å². The summed E-state index contributed by atoms with van der Waals surface area (Å²) in [6.45, 7) is 6.45. The number of hydrogen-bond donors (Lipinski definition) is 0. The minimum atomic E-state index is -0.760. The van der Waals surface area contributed by atoms with Crippen LogP contribution >= 0.6 is 0 Å². The van der Waals surface area contributed by atoms with Crippen molar-refractivity contribution in [2.24, 2.45) is 0 Å². The van der Waals surface area contributed by atoms with E-state index < -0.39 is 6.10 Å². The molecule has 1 unspecified atom stereocenters. The molecular formula is C42H76O6. The van der Waals surface area contributed by atoms with Gasteiger partial charge in [0, 0.05) is 19.3 Å². The lowest BCUT2D eigenvalue weighted by Crippen LogP contribution is -2.30. The van der Waals surface area contributed by atoms with Gasteiger partial charge in [-0.3, -0.25) is 14.4 Å². The predicted octanol–water partition coefficient (Wildman–Crippen LogP) is 12.5. The molecule has 0 aromatic carbocycles. The monoisotopic (exact) mass is 677 g/mol. The molecule has 0 heterocycles. The summed E-state index contributed by atoms with van der Waals surface area (Å²) in [5.74, 6) is -0.902. The summed E-state index contributed by atoms with van der Waals surface area (Å²) in [7, 11) is 0. The van der Waals surface area contributed by atoms with Crippen molar-refractivity contribution in [3.63, 3.8) is 0 Å². The molecule has 48 heavy (non-hydrogen) atoms. The summed E-state index contributed by atoms with van der Waals surface area (Å²) < 4.78 is 16.4. The van der Waals surface area contributed by atoms with Gasteiger partial charge in [-0.2, -0.15) is 0 Å². The molecule has 0 radical (unpaired) electrons. The first kappa shape index (κ1) is 45.9. The molecular weight excluding hydrogens is 600 g/mol. The van der Waals surface area contributed by atoms with Gasteiger partial charge in [0.1, 0.15) is 13.2 Å². The number of rotatable bonds is 36. The Morgan fingerprint density at radius 3 is 1.19 bits per heavy atom. The van der Waals surface area contributed by atoms with Crippen molar-refractivity contribution in [1.29, 1.82) is 0 Å². The summed E-state index contributed by atoms with van der Waals surface area (Å²) in [5.41, 5.74) is 0. The van der Waals surface area contributed by atoms with Gasteiger partial charge in [0.25, 0.3) is 0 Å². The molecule has 0 spiro atoms. The normalized spacial score (nSPS) is 12.1. The van der Waals surface area contributed by atoms with Crippen LogP contribution in [0.4, 0.5) is 0 Å². The number of hydrogen-bond acceptors (Lipinski definition) is 6. The molecule has 0 aliphatic carbocycles. The highest BCUT2D eigenvalue weighted by molar-refractivity contribution is 5.71. The van der Waals surface area contributed by atoms with E-state index in [0.717, 1.165) is 70.6 Å². The predicted molar refractivity (Wildman–Crippen MR) is 201 cm³/mol. The van der Waals surface area contributed by atoms with Crippen LogP contribution in [0.15, 0.2) is 24.3 Å². The maximum absolute atomic E-state index is 12.5. The number of carbonyl (C=O) groups is 3. The largest absolute Gasteiger partial charge is 0.462 e. The molecule has 0 saturated heterocycles. The van der Waals surface area contributed by atoms with Gasteiger partial charge in [-0.15, -0.1) is 0 Å². The fourth-order valence-corrected chi connectivity index (χ4v) is 5.59. The third-order valence-corrected chi connectivity index (χ3v) is 8.71. The maximum atomic E-state index is 12.5. The number of carbonyl (C=O) groups excluding carboxylic acids is 3. The van der Waals surface area contributed by atoms with Gasteiger partial charge < -0.3 is 14.2 Å². The molecule has 0 rings (SSSR count). The minimum absolute atomic E-state index is 0.0726. The quantitative estimate of drug-likeness (QED) is 0.0284. The molecule has 0 N–H and O–H groups in total. The molecule has 6 nitrogen and oxygen atoms in total. The Bertz CT molecular complexity index is 789. The highest BCUT2D eigenvalue weighted by atomic mass is 16.6. The van der Waals surface area contributed by atoms with Crippen molar-refractivity contribution in [2.45, 2.75) is 213 Å². The zero-order chi connectivity index (χ0) is 35.2. The fraction of sp³-hybridized carbons (Fsp3) is 0.833. The van der Waals surface area contributed by atoms with E-state index in [1.54, 1.807) is 0 Å². The Balaban J connectivity index is 4.07. The van der Waals surface area contributed by atoms with Gasteiger partial charge in [-0.1, -0.05) is 161 Å². The van der Waals surface area contributed by atoms with Crippen LogP contribution in [0.2, 0.25) is 0 Å². The molecule has 0 aliphatic heterocycles. The second-order valence-corrected chi connectivity index (χ2v) is 13.6. The van der Waals surface area contributed by atoms with E-state index in [9.17, 15) is 14.4 Å². The molecule has 280 valence electrons. The second kappa shape index (κ2) is 37.7. The van der Waals surface area contributed by atoms with Gasteiger partial charge in [-0.25, -0.2) is 0 Å². The van der Waals surface area contributed by atoms with Gasteiger partial charge in [0.2, 0.25) is 0 Å². The average molecular weight is 677 g/mol. The smallest absolute Gasteiger partial charge is 0.306 e. The topological polar surface area (TPSA) is 78.9 Å². The van der Waals surface area contributed by atoms with E-state index >= 15 is 0 Å². The van der Waals surface area contributed by atoms with Crippen LogP contribution in [0.3, 0.4) is 0 Å². The van der Waals surface area contributed by atoms with Crippen molar-refractivity contribution in [3.05, 3.63) is 24.3 Å². The third-order valence-electron chi connectivity index (χ3n) is 8.71. The summed E-state index contributed by atoms with van der Waals surface area (Å²) in [4.78, 5) is 37.1. The van der Waals surface area contributed by atoms with Crippen molar-refractivity contribution >= 4 is 17.9 Å². The molecule has 0 fully saturated rings. The summed E-state index contributed by atoms with van der Waals surface area (Å²) in [5, 5.41) is 0. The fourth-order valence-electron chi connectivity index (χ4n) is 5.59. The van der Waals surface area contributed by atoms with E-state index in [0.29, 0.717) is 19.3 Å². The molecule has 0 saturated carbocycles. The van der Waals surface area contributed by atoms with Crippen LogP contribution < -0.4 is 0 Å². The van der Waals surface area contributed by atoms with E-state index in [-0.39, 0.29) is 31.1 Å². The van der Waals surface area contributed by atoms with Gasteiger partial charge >= 0.3 is 17.9 Å². The zero-order valence-electron chi connectivity index (χ0n) is 31.8. The minimum Gasteiger partial charge on any atom is -0.462 e. The molecule has 0 aliphatic rings. The van der Waals surface area contributed by atoms with E-state index in [2.05, 4.69) is 45.1 Å². The summed E-state index contributed by atoms with van der Waals surface area (Å²) >= 11 is 0. The van der Waals surface area contributed by atoms with Crippen LogP contribution in [0.1, 0.15) is 207 Å². The summed E-state index contributed by atoms with van der Waals surface area (Å²) in [6, 6.07) is 0. The first-order valence-corrected chi connectivity index (χ1v) is 20.3. The molecule has 6 heteroatoms. The van der Waals surface area contributed by atoms with Gasteiger partial charge in [-0.05, 0) is 51.4 Å². The van der Waals surface area contributed by atoms with Crippen LogP contribution in [0.25, 0.3) is 0 Å². The van der Waals surface area contributed by atoms with Crippen LogP contribution in [-0.4, -0.2) is 37.2 Å². The first-order chi connectivity index (χ1) is 23.5. The molecule has 0 amide bonds. The average Bonchev–Trinajstić information content (AvgIpc) is 3.08. The van der Waals surface area contributed by atoms with Crippen molar-refractivity contribution in [1.82, 2.24) is 0 Å². The number of esters is 3. The van der Waals surface area contributed by atoms with E-state index in [1.807, 2.05) is 0 Å². The Hall–Kier alpha value is -2.11. The highest BCUT2D eigenvalue weighted by Crippen LogP contribution is 2.13. The second-order valence-electron chi connectivity index (χ2n) is 13.6. The summed E-state index contributed by atoms with van der Waals surface area (Å²) in [6.07, 6.45) is 39.3. The van der Waals surface area contributed by atoms with Crippen LogP contribution in [0, 0.1) is 0 Å². The molecule has 1 atom stereocenters. The number of unbranched alkanes of at least 4 members (excludes halogenated alkanes) is 21. The number of allylic oxidation sites excluding steroid dienone is 4. The van der Waals surface area contributed by atoms with Crippen molar-refractivity contribution in [3.8, 4) is 0 Å². The van der Waals surface area contributed by atoms with E-state index in [1.165, 1.54) is 96.3 Å². The maximum Gasteiger partial charge on any atom is 0.306 e. The zero-order valence-corrected chi connectivity index (χ0v) is 31.8. The highest BCUT2D eigenvalue weighted by Gasteiger charge is 2.19. The van der Waals surface area contributed by atoms with Gasteiger partial charge in [0.05, 0.1) is 0 Å². The Kier molecular flexibility index (Phi) is 36.0. The molecule has 0 bridgehead atoms. The lowest BCUT2D eigenvalue weighted by atomic mass is 10.1. The Morgan fingerprint density at radius 2 is 0.750 bits per heavy atom. The lowest BCUT2D eigenvalue weighted by Gasteiger charge is -2.18. The van der Waals surface area contributed by atoms with E-state index in [4.69, 9.17) is 14.2 Å². The van der Waals surface area contributed by atoms with Crippen LogP contribution in [-0.2, 0) is 28.6 Å². The SMILES string of the molecule is CCCCC/C=C\C/C=C\CCCCCCCCCCCC(=O)OCC(COC(=O)CCCCCCC)OC(=O)CCCCCCCC. The van der Waals surface area contributed by atoms with Crippen LogP contribution in [0.5, 0.6) is 0 Å². The molecule has 0 aromatic rings. The Labute approximate surface area is 296 Å². The lowest BCUT2D eigenvalue weighted by molar-refractivity contribution is -0.167.